The molecule has 2 N–H and O–H groups in total. The van der Waals surface area contributed by atoms with Crippen molar-refractivity contribution < 1.29 is 0 Å². The molecule has 0 atom stereocenters. The van der Waals surface area contributed by atoms with E-state index in [1.54, 1.807) is 0 Å². The molecule has 0 spiro atoms. The molecule has 1 aliphatic carbocycles. The van der Waals surface area contributed by atoms with E-state index >= 15 is 0 Å². The molecule has 2 aliphatic rings. The van der Waals surface area contributed by atoms with Crippen LogP contribution in [0.3, 0.4) is 0 Å². The van der Waals surface area contributed by atoms with Crippen LogP contribution in [-0.4, -0.2) is 34.3 Å². The molecule has 20 heavy (non-hydrogen) atoms. The standard InChI is InChI=1S/C13H22N6.HI/c1-14-13(15-8-10-4-2-5-10)16-9-12-18-17-11-6-3-7-19(11)12;/h10H,2-9H2,1H3,(H2,14,15,16);1H. The predicted molar refractivity (Wildman–Crippen MR) is 89.3 cm³/mol. The number of fused-ring (bicyclic) bond motifs is 1. The lowest BCUT2D eigenvalue weighted by molar-refractivity contribution is 0.314. The van der Waals surface area contributed by atoms with Crippen molar-refractivity contribution in [3.8, 4) is 0 Å². The van der Waals surface area contributed by atoms with Crippen molar-refractivity contribution in [1.82, 2.24) is 25.4 Å². The van der Waals surface area contributed by atoms with Crippen LogP contribution < -0.4 is 10.6 Å². The highest BCUT2D eigenvalue weighted by atomic mass is 127. The lowest BCUT2D eigenvalue weighted by Gasteiger charge is -2.26. The maximum Gasteiger partial charge on any atom is 0.191 e. The van der Waals surface area contributed by atoms with Gasteiger partial charge in [-0.3, -0.25) is 4.99 Å². The molecular formula is C13H23IN6. The zero-order chi connectivity index (χ0) is 13.1. The van der Waals surface area contributed by atoms with E-state index in [-0.39, 0.29) is 24.0 Å². The Hall–Kier alpha value is -0.860. The van der Waals surface area contributed by atoms with Crippen LogP contribution >= 0.6 is 24.0 Å². The van der Waals surface area contributed by atoms with Gasteiger partial charge in [0, 0.05) is 26.6 Å². The zero-order valence-electron chi connectivity index (χ0n) is 11.9. The summed E-state index contributed by atoms with van der Waals surface area (Å²) in [5.74, 6) is 3.83. The van der Waals surface area contributed by atoms with Gasteiger partial charge in [-0.25, -0.2) is 0 Å². The summed E-state index contributed by atoms with van der Waals surface area (Å²) >= 11 is 0. The molecule has 1 fully saturated rings. The molecule has 2 heterocycles. The summed E-state index contributed by atoms with van der Waals surface area (Å²) in [5, 5.41) is 15.1. The number of aliphatic imine (C=N–C) groups is 1. The Labute approximate surface area is 136 Å². The van der Waals surface area contributed by atoms with Gasteiger partial charge in [-0.2, -0.15) is 0 Å². The minimum Gasteiger partial charge on any atom is -0.356 e. The monoisotopic (exact) mass is 390 g/mol. The third-order valence-corrected chi connectivity index (χ3v) is 4.11. The van der Waals surface area contributed by atoms with Crippen molar-refractivity contribution in [2.45, 2.75) is 45.2 Å². The number of nitrogens with one attached hydrogen (secondary N) is 2. The molecule has 6 nitrogen and oxygen atoms in total. The van der Waals surface area contributed by atoms with Crippen LogP contribution in [0.1, 0.15) is 37.3 Å². The summed E-state index contributed by atoms with van der Waals surface area (Å²) in [6.45, 7) is 2.77. The first-order valence-corrected chi connectivity index (χ1v) is 7.22. The lowest BCUT2D eigenvalue weighted by atomic mass is 9.85. The van der Waals surface area contributed by atoms with Crippen LogP contribution in [0.2, 0.25) is 0 Å². The molecule has 0 radical (unpaired) electrons. The molecule has 1 saturated carbocycles. The van der Waals surface area contributed by atoms with Gasteiger partial charge in [0.2, 0.25) is 0 Å². The number of nitrogens with zero attached hydrogens (tertiary/aromatic N) is 4. The van der Waals surface area contributed by atoms with Gasteiger partial charge in [0.15, 0.2) is 11.8 Å². The Morgan fingerprint density at radius 1 is 1.30 bits per heavy atom. The second-order valence-electron chi connectivity index (χ2n) is 5.39. The van der Waals surface area contributed by atoms with E-state index in [0.717, 1.165) is 43.0 Å². The van der Waals surface area contributed by atoms with Gasteiger partial charge in [0.05, 0.1) is 6.54 Å². The third kappa shape index (κ3) is 3.42. The number of aromatic nitrogens is 3. The molecule has 7 heteroatoms. The van der Waals surface area contributed by atoms with Crippen molar-refractivity contribution in [2.24, 2.45) is 10.9 Å². The van der Waals surface area contributed by atoms with Gasteiger partial charge >= 0.3 is 0 Å². The molecule has 3 rings (SSSR count). The predicted octanol–water partition coefficient (Wildman–Crippen LogP) is 1.31. The molecule has 1 aliphatic heterocycles. The van der Waals surface area contributed by atoms with Crippen LogP contribution in [-0.2, 0) is 19.5 Å². The quantitative estimate of drug-likeness (QED) is 0.462. The molecule has 0 unspecified atom stereocenters. The number of aryl methyl sites for hydroxylation is 1. The van der Waals surface area contributed by atoms with Crippen LogP contribution in [0.5, 0.6) is 0 Å². The van der Waals surface area contributed by atoms with Gasteiger partial charge in [0.1, 0.15) is 5.82 Å². The van der Waals surface area contributed by atoms with Gasteiger partial charge in [0.25, 0.3) is 0 Å². The Morgan fingerprint density at radius 2 is 2.15 bits per heavy atom. The highest BCUT2D eigenvalue weighted by Gasteiger charge is 2.18. The number of hydrogen-bond donors (Lipinski definition) is 2. The molecule has 112 valence electrons. The average Bonchev–Trinajstić information content (AvgIpc) is 2.94. The zero-order valence-corrected chi connectivity index (χ0v) is 14.3. The average molecular weight is 390 g/mol. The van der Waals surface area contributed by atoms with E-state index in [9.17, 15) is 0 Å². The molecule has 0 bridgehead atoms. The fourth-order valence-corrected chi connectivity index (χ4v) is 2.66. The van der Waals surface area contributed by atoms with Crippen molar-refractivity contribution in [2.75, 3.05) is 13.6 Å². The van der Waals surface area contributed by atoms with Crippen molar-refractivity contribution in [3.63, 3.8) is 0 Å². The van der Waals surface area contributed by atoms with Crippen LogP contribution in [0, 0.1) is 5.92 Å². The van der Waals surface area contributed by atoms with Gasteiger partial charge in [-0.15, -0.1) is 34.2 Å². The number of halogens is 1. The van der Waals surface area contributed by atoms with E-state index in [4.69, 9.17) is 0 Å². The fourth-order valence-electron chi connectivity index (χ4n) is 2.66. The normalized spacial score (nSPS) is 18.1. The van der Waals surface area contributed by atoms with Crippen LogP contribution in [0.15, 0.2) is 4.99 Å². The van der Waals surface area contributed by atoms with Gasteiger partial charge in [-0.05, 0) is 25.2 Å². The number of guanidine groups is 1. The number of rotatable bonds is 4. The smallest absolute Gasteiger partial charge is 0.191 e. The first-order chi connectivity index (χ1) is 9.36. The van der Waals surface area contributed by atoms with Gasteiger partial charge in [-0.1, -0.05) is 6.42 Å². The summed E-state index contributed by atoms with van der Waals surface area (Å²) < 4.78 is 2.21. The second-order valence-corrected chi connectivity index (χ2v) is 5.39. The first kappa shape index (κ1) is 15.5. The first-order valence-electron chi connectivity index (χ1n) is 7.22. The largest absolute Gasteiger partial charge is 0.356 e. The minimum atomic E-state index is 0. The van der Waals surface area contributed by atoms with Crippen molar-refractivity contribution >= 4 is 29.9 Å². The third-order valence-electron chi connectivity index (χ3n) is 4.11. The molecule has 0 aromatic carbocycles. The Kier molecular flexibility index (Phi) is 5.62. The molecule has 1 aromatic rings. The highest BCUT2D eigenvalue weighted by Crippen LogP contribution is 2.25. The summed E-state index contributed by atoms with van der Waals surface area (Å²) in [4.78, 5) is 4.25. The molecule has 1 aromatic heterocycles. The van der Waals surface area contributed by atoms with Crippen molar-refractivity contribution in [1.29, 1.82) is 0 Å². The van der Waals surface area contributed by atoms with Gasteiger partial charge < -0.3 is 15.2 Å². The van der Waals surface area contributed by atoms with Crippen LogP contribution in [0.4, 0.5) is 0 Å². The topological polar surface area (TPSA) is 67.1 Å². The minimum absolute atomic E-state index is 0. The SMILES string of the molecule is CN=C(NCc1nnc2n1CCC2)NCC1CCC1.I. The van der Waals surface area contributed by atoms with E-state index < -0.39 is 0 Å². The van der Waals surface area contributed by atoms with E-state index in [0.29, 0.717) is 6.54 Å². The van der Waals surface area contributed by atoms with E-state index in [1.807, 2.05) is 7.05 Å². The van der Waals surface area contributed by atoms with Crippen LogP contribution in [0.25, 0.3) is 0 Å². The lowest BCUT2D eigenvalue weighted by Crippen LogP contribution is -2.41. The summed E-state index contributed by atoms with van der Waals surface area (Å²) in [6.07, 6.45) is 6.32. The summed E-state index contributed by atoms with van der Waals surface area (Å²) in [6, 6.07) is 0. The number of hydrogen-bond acceptors (Lipinski definition) is 3. The van der Waals surface area contributed by atoms with Crippen molar-refractivity contribution in [3.05, 3.63) is 11.6 Å². The molecular weight excluding hydrogens is 367 g/mol. The Balaban J connectivity index is 0.00000147. The Morgan fingerprint density at radius 3 is 2.85 bits per heavy atom. The Bertz CT molecular complexity index is 465. The summed E-state index contributed by atoms with van der Waals surface area (Å²) in [7, 11) is 1.81. The summed E-state index contributed by atoms with van der Waals surface area (Å²) in [5.41, 5.74) is 0. The molecule has 0 amide bonds. The fraction of sp³-hybridized carbons (Fsp3) is 0.769. The second kappa shape index (κ2) is 7.24. The highest BCUT2D eigenvalue weighted by molar-refractivity contribution is 14.0. The van der Waals surface area contributed by atoms with E-state index in [2.05, 4.69) is 30.4 Å². The maximum atomic E-state index is 4.25. The maximum absolute atomic E-state index is 4.25. The molecule has 0 saturated heterocycles. The van der Waals surface area contributed by atoms with E-state index in [1.165, 1.54) is 25.7 Å².